The molecule has 3 rings (SSSR count). The minimum absolute atomic E-state index is 0.156. The Morgan fingerprint density at radius 1 is 1.30 bits per heavy atom. The number of nitrogens with one attached hydrogen (secondary N) is 1. The van der Waals surface area contributed by atoms with E-state index in [1.807, 2.05) is 29.8 Å². The van der Waals surface area contributed by atoms with Gasteiger partial charge >= 0.3 is 0 Å². The van der Waals surface area contributed by atoms with E-state index in [4.69, 9.17) is 0 Å². The molecule has 0 aliphatic rings. The molecule has 0 aliphatic carbocycles. The van der Waals surface area contributed by atoms with E-state index in [2.05, 4.69) is 15.3 Å². The molecular weight excluding hydrogens is 272 g/mol. The fourth-order valence-corrected chi connectivity index (χ4v) is 2.44. The van der Waals surface area contributed by atoms with Crippen LogP contribution in [0.1, 0.15) is 15.2 Å². The second kappa shape index (κ2) is 5.26. The Kier molecular flexibility index (Phi) is 3.30. The molecule has 0 fully saturated rings. The number of carbonyl (C=O) groups excluding carboxylic acids is 1. The number of hydrogen-bond acceptors (Lipinski definition) is 4. The molecule has 3 aromatic rings. The van der Waals surface area contributed by atoms with Crippen LogP contribution in [0, 0.1) is 6.92 Å². The summed E-state index contributed by atoms with van der Waals surface area (Å²) in [6, 6.07) is 7.32. The molecule has 2 aromatic heterocycles. The largest absolute Gasteiger partial charge is 0.306 e. The first-order chi connectivity index (χ1) is 9.72. The Morgan fingerprint density at radius 2 is 2.10 bits per heavy atom. The maximum absolute atomic E-state index is 12.1. The first kappa shape index (κ1) is 12.6. The Hall–Kier alpha value is -2.47. The van der Waals surface area contributed by atoms with Crippen LogP contribution in [0.2, 0.25) is 0 Å². The molecule has 2 heterocycles. The zero-order chi connectivity index (χ0) is 13.9. The van der Waals surface area contributed by atoms with E-state index in [-0.39, 0.29) is 5.91 Å². The van der Waals surface area contributed by atoms with Crippen LogP contribution in [0.5, 0.6) is 0 Å². The standard InChI is InChI=1S/C14H12N4OS/c1-10-8-16-14(20-10)17-13(19)11-2-4-12(5-3-11)18-7-6-15-9-18/h2-9H,1H3,(H,16,17,19). The van der Waals surface area contributed by atoms with Gasteiger partial charge in [0.1, 0.15) is 0 Å². The Morgan fingerprint density at radius 3 is 2.70 bits per heavy atom. The van der Waals surface area contributed by atoms with Crippen molar-refractivity contribution in [3.05, 3.63) is 59.6 Å². The summed E-state index contributed by atoms with van der Waals surface area (Å²) in [7, 11) is 0. The highest BCUT2D eigenvalue weighted by Crippen LogP contribution is 2.18. The quantitative estimate of drug-likeness (QED) is 0.804. The Labute approximate surface area is 119 Å². The predicted molar refractivity (Wildman–Crippen MR) is 78.4 cm³/mol. The molecule has 0 saturated heterocycles. The molecule has 5 nitrogen and oxygen atoms in total. The lowest BCUT2D eigenvalue weighted by Crippen LogP contribution is -2.11. The van der Waals surface area contributed by atoms with E-state index in [1.165, 1.54) is 11.3 Å². The number of aromatic nitrogens is 3. The van der Waals surface area contributed by atoms with E-state index in [0.717, 1.165) is 10.6 Å². The van der Waals surface area contributed by atoms with Gasteiger partial charge in [0.2, 0.25) is 0 Å². The van der Waals surface area contributed by atoms with Crippen molar-refractivity contribution in [3.8, 4) is 5.69 Å². The van der Waals surface area contributed by atoms with Gasteiger partial charge in [0.15, 0.2) is 5.13 Å². The molecule has 0 atom stereocenters. The molecule has 0 saturated carbocycles. The molecule has 100 valence electrons. The van der Waals surface area contributed by atoms with E-state index < -0.39 is 0 Å². The highest BCUT2D eigenvalue weighted by molar-refractivity contribution is 7.15. The summed E-state index contributed by atoms with van der Waals surface area (Å²) < 4.78 is 1.88. The van der Waals surface area contributed by atoms with Gasteiger partial charge in [-0.05, 0) is 31.2 Å². The Balaban J connectivity index is 1.75. The van der Waals surface area contributed by atoms with Crippen molar-refractivity contribution >= 4 is 22.4 Å². The third-order valence-corrected chi connectivity index (χ3v) is 3.60. The molecule has 20 heavy (non-hydrogen) atoms. The van der Waals surface area contributed by atoms with Gasteiger partial charge in [-0.25, -0.2) is 9.97 Å². The van der Waals surface area contributed by atoms with Gasteiger partial charge in [-0.15, -0.1) is 11.3 Å². The first-order valence-electron chi connectivity index (χ1n) is 6.04. The average molecular weight is 284 g/mol. The molecule has 1 amide bonds. The van der Waals surface area contributed by atoms with Crippen LogP contribution < -0.4 is 5.32 Å². The van der Waals surface area contributed by atoms with Gasteiger partial charge < -0.3 is 4.57 Å². The van der Waals surface area contributed by atoms with Crippen LogP contribution in [-0.4, -0.2) is 20.4 Å². The number of rotatable bonds is 3. The fourth-order valence-electron chi connectivity index (χ4n) is 1.78. The average Bonchev–Trinajstić information content (AvgIpc) is 3.11. The van der Waals surface area contributed by atoms with Crippen molar-refractivity contribution in [2.75, 3.05) is 5.32 Å². The number of aryl methyl sites for hydroxylation is 1. The number of benzene rings is 1. The molecule has 0 aliphatic heterocycles. The van der Waals surface area contributed by atoms with E-state index >= 15 is 0 Å². The molecule has 0 unspecified atom stereocenters. The summed E-state index contributed by atoms with van der Waals surface area (Å²) in [5.74, 6) is -0.156. The first-order valence-corrected chi connectivity index (χ1v) is 6.86. The molecule has 6 heteroatoms. The van der Waals surface area contributed by atoms with Crippen LogP contribution >= 0.6 is 11.3 Å². The minimum Gasteiger partial charge on any atom is -0.306 e. The second-order valence-corrected chi connectivity index (χ2v) is 5.48. The SMILES string of the molecule is Cc1cnc(NC(=O)c2ccc(-n3ccnc3)cc2)s1. The molecule has 1 aromatic carbocycles. The Bertz CT molecular complexity index is 716. The van der Waals surface area contributed by atoms with E-state index in [9.17, 15) is 4.79 Å². The summed E-state index contributed by atoms with van der Waals surface area (Å²) >= 11 is 1.46. The molecule has 0 bridgehead atoms. The number of hydrogen-bond donors (Lipinski definition) is 1. The maximum atomic E-state index is 12.1. The predicted octanol–water partition coefficient (Wildman–Crippen LogP) is 2.89. The summed E-state index contributed by atoms with van der Waals surface area (Å²) in [5, 5.41) is 3.40. The van der Waals surface area contributed by atoms with Crippen molar-refractivity contribution in [3.63, 3.8) is 0 Å². The van der Waals surface area contributed by atoms with Crippen LogP contribution in [0.25, 0.3) is 5.69 Å². The minimum atomic E-state index is -0.156. The van der Waals surface area contributed by atoms with Crippen molar-refractivity contribution in [1.29, 1.82) is 0 Å². The number of imidazole rings is 1. The van der Waals surface area contributed by atoms with Crippen LogP contribution in [0.4, 0.5) is 5.13 Å². The van der Waals surface area contributed by atoms with E-state index in [0.29, 0.717) is 10.7 Å². The number of thiazole rings is 1. The van der Waals surface area contributed by atoms with Crippen molar-refractivity contribution in [2.45, 2.75) is 6.92 Å². The number of amides is 1. The van der Waals surface area contributed by atoms with Crippen molar-refractivity contribution < 1.29 is 4.79 Å². The lowest BCUT2D eigenvalue weighted by atomic mass is 10.2. The lowest BCUT2D eigenvalue weighted by Gasteiger charge is -2.04. The zero-order valence-corrected chi connectivity index (χ0v) is 11.6. The smallest absolute Gasteiger partial charge is 0.257 e. The number of anilines is 1. The third kappa shape index (κ3) is 2.60. The van der Waals surface area contributed by atoms with Gasteiger partial charge in [-0.2, -0.15) is 0 Å². The summed E-state index contributed by atoms with van der Waals surface area (Å²) in [4.78, 5) is 21.2. The third-order valence-electron chi connectivity index (χ3n) is 2.77. The van der Waals surface area contributed by atoms with Crippen molar-refractivity contribution in [1.82, 2.24) is 14.5 Å². The van der Waals surface area contributed by atoms with Crippen molar-refractivity contribution in [2.24, 2.45) is 0 Å². The monoisotopic (exact) mass is 284 g/mol. The summed E-state index contributed by atoms with van der Waals surface area (Å²) in [6.07, 6.45) is 7.02. The summed E-state index contributed by atoms with van der Waals surface area (Å²) in [6.45, 7) is 1.95. The van der Waals surface area contributed by atoms with E-state index in [1.54, 1.807) is 30.9 Å². The zero-order valence-electron chi connectivity index (χ0n) is 10.8. The molecule has 1 N–H and O–H groups in total. The van der Waals surface area contributed by atoms with Gasteiger partial charge in [0.25, 0.3) is 5.91 Å². The van der Waals surface area contributed by atoms with Gasteiger partial charge in [-0.3, -0.25) is 10.1 Å². The normalized spacial score (nSPS) is 10.4. The van der Waals surface area contributed by atoms with Gasteiger partial charge in [0.05, 0.1) is 6.33 Å². The van der Waals surface area contributed by atoms with Crippen LogP contribution in [-0.2, 0) is 0 Å². The van der Waals surface area contributed by atoms with Gasteiger partial charge in [-0.1, -0.05) is 0 Å². The van der Waals surface area contributed by atoms with Crippen LogP contribution in [0.3, 0.4) is 0 Å². The summed E-state index contributed by atoms with van der Waals surface area (Å²) in [5.41, 5.74) is 1.56. The number of nitrogens with zero attached hydrogens (tertiary/aromatic N) is 3. The number of carbonyl (C=O) groups is 1. The molecule has 0 radical (unpaired) electrons. The fraction of sp³-hybridized carbons (Fsp3) is 0.0714. The van der Waals surface area contributed by atoms with Gasteiger partial charge in [0, 0.05) is 34.7 Å². The molecular formula is C14H12N4OS. The topological polar surface area (TPSA) is 59.8 Å². The maximum Gasteiger partial charge on any atom is 0.257 e. The lowest BCUT2D eigenvalue weighted by molar-refractivity contribution is 0.102. The molecule has 0 spiro atoms. The van der Waals surface area contributed by atoms with Crippen LogP contribution in [0.15, 0.2) is 49.2 Å². The highest BCUT2D eigenvalue weighted by atomic mass is 32.1. The second-order valence-electron chi connectivity index (χ2n) is 4.25. The highest BCUT2D eigenvalue weighted by Gasteiger charge is 2.08.